The van der Waals surface area contributed by atoms with Gasteiger partial charge in [-0.05, 0) is 61.1 Å². The van der Waals surface area contributed by atoms with Crippen LogP contribution in [0.15, 0.2) is 36.5 Å². The third-order valence-corrected chi connectivity index (χ3v) is 4.04. The van der Waals surface area contributed by atoms with Crippen LogP contribution >= 0.6 is 0 Å². The second-order valence-electron chi connectivity index (χ2n) is 5.74. The van der Waals surface area contributed by atoms with Crippen LogP contribution in [0.5, 0.6) is 0 Å². The molecule has 0 spiro atoms. The van der Waals surface area contributed by atoms with Gasteiger partial charge in [0, 0.05) is 11.8 Å². The van der Waals surface area contributed by atoms with Crippen molar-refractivity contribution in [3.05, 3.63) is 58.8 Å². The number of carbonyl (C=O) groups excluding carboxylic acids is 2. The molecule has 23 heavy (non-hydrogen) atoms. The van der Waals surface area contributed by atoms with Crippen molar-refractivity contribution < 1.29 is 9.59 Å². The van der Waals surface area contributed by atoms with Crippen LogP contribution in [0, 0.1) is 6.92 Å². The molecule has 1 aliphatic rings. The summed E-state index contributed by atoms with van der Waals surface area (Å²) in [6, 6.07) is 9.43. The highest BCUT2D eigenvalue weighted by molar-refractivity contribution is 5.99. The van der Waals surface area contributed by atoms with Crippen LogP contribution in [0.1, 0.15) is 33.5 Å². The van der Waals surface area contributed by atoms with E-state index in [1.807, 2.05) is 31.2 Å². The van der Waals surface area contributed by atoms with E-state index < -0.39 is 0 Å². The first-order valence-corrected chi connectivity index (χ1v) is 7.75. The predicted molar refractivity (Wildman–Crippen MR) is 88.4 cm³/mol. The van der Waals surface area contributed by atoms with E-state index in [4.69, 9.17) is 0 Å². The molecule has 0 atom stereocenters. The summed E-state index contributed by atoms with van der Waals surface area (Å²) in [7, 11) is 0. The van der Waals surface area contributed by atoms with Gasteiger partial charge in [-0.2, -0.15) is 0 Å². The van der Waals surface area contributed by atoms with Crippen molar-refractivity contribution >= 4 is 17.6 Å². The Balaban J connectivity index is 1.56. The van der Waals surface area contributed by atoms with Gasteiger partial charge >= 0.3 is 0 Å². The van der Waals surface area contributed by atoms with Crippen LogP contribution in [-0.2, 0) is 17.6 Å². The second-order valence-corrected chi connectivity index (χ2v) is 5.74. The van der Waals surface area contributed by atoms with E-state index in [1.54, 1.807) is 12.3 Å². The Labute approximate surface area is 135 Å². The van der Waals surface area contributed by atoms with Crippen molar-refractivity contribution in [2.45, 2.75) is 26.2 Å². The highest BCUT2D eigenvalue weighted by Gasteiger charge is 2.14. The average Bonchev–Trinajstić information content (AvgIpc) is 3.02. The fourth-order valence-electron chi connectivity index (χ4n) is 2.77. The molecule has 1 aromatic carbocycles. The molecular weight excluding hydrogens is 290 g/mol. The monoisotopic (exact) mass is 309 g/mol. The van der Waals surface area contributed by atoms with Gasteiger partial charge in [-0.3, -0.25) is 9.59 Å². The smallest absolute Gasteiger partial charge is 0.251 e. The number of hydrogen-bond acceptors (Lipinski definition) is 3. The van der Waals surface area contributed by atoms with Crippen LogP contribution in [0.3, 0.4) is 0 Å². The largest absolute Gasteiger partial charge is 0.343 e. The zero-order chi connectivity index (χ0) is 16.2. The van der Waals surface area contributed by atoms with Crippen molar-refractivity contribution in [2.24, 2.45) is 0 Å². The van der Waals surface area contributed by atoms with E-state index in [9.17, 15) is 9.59 Å². The molecular formula is C18H19N3O2. The van der Waals surface area contributed by atoms with E-state index in [-0.39, 0.29) is 18.4 Å². The van der Waals surface area contributed by atoms with Gasteiger partial charge in [-0.25, -0.2) is 4.98 Å². The first kappa shape index (κ1) is 15.2. The van der Waals surface area contributed by atoms with Gasteiger partial charge in [0.25, 0.3) is 5.91 Å². The molecule has 0 saturated heterocycles. The Hall–Kier alpha value is -2.69. The molecule has 3 rings (SSSR count). The highest BCUT2D eigenvalue weighted by atomic mass is 16.2. The fourth-order valence-corrected chi connectivity index (χ4v) is 2.77. The summed E-state index contributed by atoms with van der Waals surface area (Å²) in [5, 5.41) is 5.34. The molecule has 0 saturated carbocycles. The molecule has 0 bridgehead atoms. The number of pyridine rings is 1. The van der Waals surface area contributed by atoms with Gasteiger partial charge in [0.2, 0.25) is 5.91 Å². The van der Waals surface area contributed by atoms with Crippen molar-refractivity contribution in [2.75, 3.05) is 11.9 Å². The quantitative estimate of drug-likeness (QED) is 0.910. The molecule has 0 radical (unpaired) electrons. The Bertz CT molecular complexity index is 756. The van der Waals surface area contributed by atoms with Crippen molar-refractivity contribution in [1.29, 1.82) is 0 Å². The third kappa shape index (κ3) is 3.56. The molecule has 1 aromatic heterocycles. The van der Waals surface area contributed by atoms with Crippen LogP contribution < -0.4 is 10.6 Å². The van der Waals surface area contributed by atoms with Crippen LogP contribution in [-0.4, -0.2) is 23.3 Å². The molecule has 0 aliphatic heterocycles. The summed E-state index contributed by atoms with van der Waals surface area (Å²) >= 11 is 0. The number of aryl methyl sites for hydroxylation is 3. The Morgan fingerprint density at radius 3 is 2.83 bits per heavy atom. The summed E-state index contributed by atoms with van der Waals surface area (Å²) in [5.74, 6) is -0.00168. The lowest BCUT2D eigenvalue weighted by Crippen LogP contribution is -2.33. The summed E-state index contributed by atoms with van der Waals surface area (Å²) in [4.78, 5) is 28.2. The number of hydrogen-bond donors (Lipinski definition) is 2. The normalized spacial score (nSPS) is 12.6. The minimum absolute atomic E-state index is 0.0774. The fraction of sp³-hybridized carbons (Fsp3) is 0.278. The first-order valence-electron chi connectivity index (χ1n) is 7.75. The zero-order valence-corrected chi connectivity index (χ0v) is 13.1. The van der Waals surface area contributed by atoms with Gasteiger partial charge in [0.1, 0.15) is 5.82 Å². The molecule has 2 aromatic rings. The minimum Gasteiger partial charge on any atom is -0.343 e. The number of anilines is 1. The minimum atomic E-state index is -0.290. The molecule has 1 aliphatic carbocycles. The van der Waals surface area contributed by atoms with Gasteiger partial charge < -0.3 is 10.6 Å². The van der Waals surface area contributed by atoms with E-state index in [2.05, 4.69) is 15.6 Å². The maximum absolute atomic E-state index is 12.2. The molecule has 1 heterocycles. The van der Waals surface area contributed by atoms with Crippen LogP contribution in [0.4, 0.5) is 5.82 Å². The number of amides is 2. The number of aromatic nitrogens is 1. The lowest BCUT2D eigenvalue weighted by molar-refractivity contribution is -0.115. The van der Waals surface area contributed by atoms with Crippen molar-refractivity contribution in [3.8, 4) is 0 Å². The van der Waals surface area contributed by atoms with Gasteiger partial charge in [0.15, 0.2) is 0 Å². The number of carbonyl (C=O) groups is 2. The number of benzene rings is 1. The van der Waals surface area contributed by atoms with E-state index in [0.29, 0.717) is 11.4 Å². The molecule has 2 amide bonds. The summed E-state index contributed by atoms with van der Waals surface area (Å²) in [6.07, 6.45) is 4.87. The molecule has 5 nitrogen and oxygen atoms in total. The number of nitrogens with zero attached hydrogens (tertiary/aromatic N) is 1. The summed E-state index contributed by atoms with van der Waals surface area (Å²) < 4.78 is 0. The van der Waals surface area contributed by atoms with Gasteiger partial charge in [0.05, 0.1) is 6.54 Å². The lowest BCUT2D eigenvalue weighted by atomic mass is 10.1. The maximum Gasteiger partial charge on any atom is 0.251 e. The van der Waals surface area contributed by atoms with Crippen molar-refractivity contribution in [1.82, 2.24) is 10.3 Å². The number of rotatable bonds is 4. The Morgan fingerprint density at radius 2 is 2.00 bits per heavy atom. The molecule has 5 heteroatoms. The van der Waals surface area contributed by atoms with E-state index >= 15 is 0 Å². The molecule has 118 valence electrons. The van der Waals surface area contributed by atoms with Gasteiger partial charge in [-0.15, -0.1) is 0 Å². The SMILES string of the molecule is Cc1cccnc1NC(=O)CNC(=O)c1ccc2c(c1)CCC2. The predicted octanol–water partition coefficient (Wildman–Crippen LogP) is 2.25. The topological polar surface area (TPSA) is 71.1 Å². The standard InChI is InChI=1S/C18H19N3O2/c1-12-4-3-9-19-17(12)21-16(22)11-20-18(23)15-8-7-13-5-2-6-14(13)10-15/h3-4,7-10H,2,5-6,11H2,1H3,(H,20,23)(H,19,21,22). The van der Waals surface area contributed by atoms with Gasteiger partial charge in [-0.1, -0.05) is 12.1 Å². The number of fused-ring (bicyclic) bond motifs is 1. The Kier molecular flexibility index (Phi) is 4.37. The molecule has 2 N–H and O–H groups in total. The number of nitrogens with one attached hydrogen (secondary N) is 2. The third-order valence-electron chi connectivity index (χ3n) is 4.04. The molecule has 0 unspecified atom stereocenters. The Morgan fingerprint density at radius 1 is 1.17 bits per heavy atom. The molecule has 0 fully saturated rings. The van der Waals surface area contributed by atoms with Crippen LogP contribution in [0.2, 0.25) is 0 Å². The summed E-state index contributed by atoms with van der Waals surface area (Å²) in [6.45, 7) is 1.79. The van der Waals surface area contributed by atoms with E-state index in [0.717, 1.165) is 24.8 Å². The zero-order valence-electron chi connectivity index (χ0n) is 13.1. The highest BCUT2D eigenvalue weighted by Crippen LogP contribution is 2.22. The summed E-state index contributed by atoms with van der Waals surface area (Å²) in [5.41, 5.74) is 4.05. The van der Waals surface area contributed by atoms with Crippen molar-refractivity contribution in [3.63, 3.8) is 0 Å². The first-order chi connectivity index (χ1) is 11.1. The van der Waals surface area contributed by atoms with E-state index in [1.165, 1.54) is 11.1 Å². The lowest BCUT2D eigenvalue weighted by Gasteiger charge is -2.09. The average molecular weight is 309 g/mol. The second kappa shape index (κ2) is 6.60. The maximum atomic E-state index is 12.2. The van der Waals surface area contributed by atoms with Crippen LogP contribution in [0.25, 0.3) is 0 Å².